The van der Waals surface area contributed by atoms with Crippen molar-refractivity contribution in [1.82, 2.24) is 0 Å². The molecule has 3 aromatic carbocycles. The number of para-hydroxylation sites is 2. The summed E-state index contributed by atoms with van der Waals surface area (Å²) in [5, 5.41) is -0.104. The largest absolute Gasteiger partial charge is 0.465 e. The Kier molecular flexibility index (Phi) is 4.45. The van der Waals surface area contributed by atoms with Crippen LogP contribution in [-0.2, 0) is 4.57 Å². The van der Waals surface area contributed by atoms with Crippen molar-refractivity contribution in [2.24, 2.45) is 0 Å². The lowest BCUT2D eigenvalue weighted by molar-refractivity contribution is 0.397. The van der Waals surface area contributed by atoms with Crippen LogP contribution in [0.5, 0.6) is 11.5 Å². The van der Waals surface area contributed by atoms with Gasteiger partial charge < -0.3 is 9.05 Å². The van der Waals surface area contributed by atoms with Crippen LogP contribution in [0, 0.1) is 5.82 Å². The molecule has 0 bridgehead atoms. The fourth-order valence-electron chi connectivity index (χ4n) is 2.03. The Morgan fingerprint density at radius 3 is 1.57 bits per heavy atom. The van der Waals surface area contributed by atoms with Crippen molar-refractivity contribution in [1.29, 1.82) is 0 Å². The SMILES string of the molecule is O=P(Oc1ccccc1)(Oc1ccccc1)c1ccccc1F. The van der Waals surface area contributed by atoms with Crippen LogP contribution in [0.25, 0.3) is 0 Å². The minimum absolute atomic E-state index is 0.104. The van der Waals surface area contributed by atoms with E-state index in [4.69, 9.17) is 9.05 Å². The zero-order valence-corrected chi connectivity index (χ0v) is 13.0. The highest BCUT2D eigenvalue weighted by Gasteiger charge is 2.34. The van der Waals surface area contributed by atoms with Crippen LogP contribution >= 0.6 is 7.60 Å². The fraction of sp³-hybridized carbons (Fsp3) is 0. The van der Waals surface area contributed by atoms with E-state index in [0.29, 0.717) is 11.5 Å². The van der Waals surface area contributed by atoms with Crippen LogP contribution in [0.3, 0.4) is 0 Å². The molecule has 0 fully saturated rings. The van der Waals surface area contributed by atoms with Gasteiger partial charge in [-0.05, 0) is 36.4 Å². The zero-order valence-electron chi connectivity index (χ0n) is 12.1. The minimum Gasteiger partial charge on any atom is -0.413 e. The maximum absolute atomic E-state index is 14.2. The third kappa shape index (κ3) is 3.61. The van der Waals surface area contributed by atoms with Gasteiger partial charge in [-0.2, -0.15) is 0 Å². The molecule has 0 aliphatic carbocycles. The van der Waals surface area contributed by atoms with E-state index in [0.717, 1.165) is 0 Å². The van der Waals surface area contributed by atoms with E-state index in [-0.39, 0.29) is 5.30 Å². The molecular weight excluding hydrogens is 314 g/mol. The van der Waals surface area contributed by atoms with Gasteiger partial charge in [0.2, 0.25) is 0 Å². The molecule has 116 valence electrons. The molecule has 0 N–H and O–H groups in total. The summed E-state index contributed by atoms with van der Waals surface area (Å²) in [6, 6.07) is 22.9. The van der Waals surface area contributed by atoms with Crippen molar-refractivity contribution >= 4 is 12.9 Å². The van der Waals surface area contributed by atoms with Gasteiger partial charge in [0, 0.05) is 0 Å². The first-order valence-electron chi connectivity index (χ1n) is 7.02. The van der Waals surface area contributed by atoms with Crippen molar-refractivity contribution in [3.05, 3.63) is 90.7 Å². The summed E-state index contributed by atoms with van der Waals surface area (Å²) in [6.45, 7) is 0. The van der Waals surface area contributed by atoms with Gasteiger partial charge in [-0.1, -0.05) is 48.5 Å². The van der Waals surface area contributed by atoms with E-state index in [9.17, 15) is 8.96 Å². The van der Waals surface area contributed by atoms with E-state index in [1.165, 1.54) is 18.2 Å². The van der Waals surface area contributed by atoms with Crippen LogP contribution in [0.2, 0.25) is 0 Å². The second kappa shape index (κ2) is 6.67. The summed E-state index contributed by atoms with van der Waals surface area (Å²) in [4.78, 5) is 0. The minimum atomic E-state index is -3.93. The smallest absolute Gasteiger partial charge is 0.413 e. The average Bonchev–Trinajstić information content (AvgIpc) is 2.57. The van der Waals surface area contributed by atoms with Crippen LogP contribution in [0.1, 0.15) is 0 Å². The van der Waals surface area contributed by atoms with Gasteiger partial charge >= 0.3 is 7.60 Å². The zero-order chi connectivity index (χ0) is 16.1. The molecule has 0 radical (unpaired) electrons. The Morgan fingerprint density at radius 2 is 1.09 bits per heavy atom. The molecule has 0 amide bonds. The highest BCUT2D eigenvalue weighted by molar-refractivity contribution is 7.63. The molecule has 0 aromatic heterocycles. The summed E-state index contributed by atoms with van der Waals surface area (Å²) in [7, 11) is -3.93. The predicted octanol–water partition coefficient (Wildman–Crippen LogP) is 4.80. The number of benzene rings is 3. The maximum atomic E-state index is 14.2. The average molecular weight is 328 g/mol. The molecule has 0 heterocycles. The predicted molar refractivity (Wildman–Crippen MR) is 87.8 cm³/mol. The second-order valence-electron chi connectivity index (χ2n) is 4.76. The Labute approximate surface area is 133 Å². The quantitative estimate of drug-likeness (QED) is 0.631. The van der Waals surface area contributed by atoms with Crippen molar-refractivity contribution in [2.75, 3.05) is 0 Å². The molecule has 0 spiro atoms. The highest BCUT2D eigenvalue weighted by atomic mass is 31.2. The van der Waals surface area contributed by atoms with Crippen LogP contribution < -0.4 is 14.4 Å². The van der Waals surface area contributed by atoms with Gasteiger partial charge in [0.25, 0.3) is 0 Å². The molecule has 3 aromatic rings. The Bertz CT molecular complexity index is 776. The first kappa shape index (κ1) is 15.3. The standard InChI is InChI=1S/C18H14FO3P/c19-17-13-7-8-14-18(17)23(20,21-15-9-3-1-4-10-15)22-16-11-5-2-6-12-16/h1-14H. The van der Waals surface area contributed by atoms with E-state index in [2.05, 4.69) is 0 Å². The van der Waals surface area contributed by atoms with E-state index < -0.39 is 13.4 Å². The molecular formula is C18H14FO3P. The Balaban J connectivity index is 2.02. The summed E-state index contributed by atoms with van der Waals surface area (Å²) >= 11 is 0. The van der Waals surface area contributed by atoms with Crippen LogP contribution in [0.4, 0.5) is 4.39 Å². The van der Waals surface area contributed by atoms with Crippen molar-refractivity contribution in [3.63, 3.8) is 0 Å². The lowest BCUT2D eigenvalue weighted by Gasteiger charge is -2.20. The molecule has 0 saturated carbocycles. The van der Waals surface area contributed by atoms with E-state index in [1.54, 1.807) is 66.7 Å². The van der Waals surface area contributed by atoms with Crippen LogP contribution in [0.15, 0.2) is 84.9 Å². The second-order valence-corrected chi connectivity index (χ2v) is 6.60. The van der Waals surface area contributed by atoms with Gasteiger partial charge in [-0.25, -0.2) is 8.96 Å². The third-order valence-electron chi connectivity index (χ3n) is 3.09. The molecule has 0 atom stereocenters. The number of rotatable bonds is 5. The molecule has 0 aliphatic heterocycles. The Hall–Kier alpha value is -2.58. The van der Waals surface area contributed by atoms with Gasteiger partial charge in [0.15, 0.2) is 0 Å². The topological polar surface area (TPSA) is 35.5 Å². The molecule has 3 nitrogen and oxygen atoms in total. The van der Waals surface area contributed by atoms with Crippen LogP contribution in [-0.4, -0.2) is 0 Å². The highest BCUT2D eigenvalue weighted by Crippen LogP contribution is 2.48. The lowest BCUT2D eigenvalue weighted by Crippen LogP contribution is -2.18. The summed E-state index contributed by atoms with van der Waals surface area (Å²) in [5.74, 6) is 0.0488. The fourth-order valence-corrected chi connectivity index (χ4v) is 3.67. The normalized spacial score (nSPS) is 11.0. The van der Waals surface area contributed by atoms with E-state index >= 15 is 0 Å². The number of halogens is 1. The van der Waals surface area contributed by atoms with Gasteiger partial charge in [0.05, 0.1) is 0 Å². The van der Waals surface area contributed by atoms with E-state index in [1.807, 2.05) is 0 Å². The maximum Gasteiger partial charge on any atom is 0.465 e. The van der Waals surface area contributed by atoms with Gasteiger partial charge in [-0.15, -0.1) is 0 Å². The number of hydrogen-bond donors (Lipinski definition) is 0. The summed E-state index contributed by atoms with van der Waals surface area (Å²) in [5.41, 5.74) is 0. The molecule has 0 aliphatic rings. The third-order valence-corrected chi connectivity index (χ3v) is 4.94. The first-order valence-corrected chi connectivity index (χ1v) is 8.56. The molecule has 0 unspecified atom stereocenters. The van der Waals surface area contributed by atoms with Gasteiger partial charge in [-0.3, -0.25) is 0 Å². The molecule has 5 heteroatoms. The number of hydrogen-bond acceptors (Lipinski definition) is 3. The summed E-state index contributed by atoms with van der Waals surface area (Å²) < 4.78 is 38.6. The molecule has 3 rings (SSSR count). The van der Waals surface area contributed by atoms with Gasteiger partial charge in [0.1, 0.15) is 22.6 Å². The monoisotopic (exact) mass is 328 g/mol. The first-order chi connectivity index (χ1) is 11.2. The molecule has 23 heavy (non-hydrogen) atoms. The Morgan fingerprint density at radius 1 is 0.652 bits per heavy atom. The summed E-state index contributed by atoms with van der Waals surface area (Å²) in [6.07, 6.45) is 0. The van der Waals surface area contributed by atoms with Crippen molar-refractivity contribution in [2.45, 2.75) is 0 Å². The molecule has 0 saturated heterocycles. The lowest BCUT2D eigenvalue weighted by atomic mass is 10.3. The van der Waals surface area contributed by atoms with Crippen molar-refractivity contribution < 1.29 is 18.0 Å². The van der Waals surface area contributed by atoms with Crippen molar-refractivity contribution in [3.8, 4) is 11.5 Å².